The molecule has 1 aromatic carbocycles. The third-order valence-electron chi connectivity index (χ3n) is 3.66. The standard InChI is InChI=1S/C13H19N.ClH/c1-9-5-3-8-12(10(9)2)13(14)11-6-4-7-11;/h3,5,8,11,13H,4,6-7,14H2,1-2H3;1H/t13-;/m0./s1. The predicted molar refractivity (Wildman–Crippen MR) is 67.4 cm³/mol. The van der Waals surface area contributed by atoms with Crippen LogP contribution in [0.25, 0.3) is 0 Å². The minimum atomic E-state index is 0. The Morgan fingerprint density at radius 3 is 2.47 bits per heavy atom. The van der Waals surface area contributed by atoms with Gasteiger partial charge in [-0.15, -0.1) is 12.4 Å². The van der Waals surface area contributed by atoms with Crippen molar-refractivity contribution in [2.24, 2.45) is 11.7 Å². The molecule has 0 heterocycles. The highest BCUT2D eigenvalue weighted by molar-refractivity contribution is 5.85. The minimum absolute atomic E-state index is 0. The summed E-state index contributed by atoms with van der Waals surface area (Å²) in [6.45, 7) is 4.34. The lowest BCUT2D eigenvalue weighted by atomic mass is 9.76. The molecule has 0 aromatic heterocycles. The molecule has 0 bridgehead atoms. The monoisotopic (exact) mass is 225 g/mol. The second-order valence-electron chi connectivity index (χ2n) is 4.51. The molecule has 1 aromatic rings. The van der Waals surface area contributed by atoms with E-state index in [0.29, 0.717) is 0 Å². The Morgan fingerprint density at radius 2 is 1.93 bits per heavy atom. The maximum Gasteiger partial charge on any atom is 0.0326 e. The second-order valence-corrected chi connectivity index (χ2v) is 4.51. The van der Waals surface area contributed by atoms with Crippen molar-refractivity contribution in [1.29, 1.82) is 0 Å². The zero-order valence-corrected chi connectivity index (χ0v) is 10.3. The Bertz CT molecular complexity index is 331. The summed E-state index contributed by atoms with van der Waals surface area (Å²) in [5.74, 6) is 0.732. The van der Waals surface area contributed by atoms with Crippen molar-refractivity contribution in [2.75, 3.05) is 0 Å². The van der Waals surface area contributed by atoms with E-state index in [2.05, 4.69) is 32.0 Å². The fraction of sp³-hybridized carbons (Fsp3) is 0.538. The number of hydrogen-bond donors (Lipinski definition) is 1. The number of rotatable bonds is 2. The first-order chi connectivity index (χ1) is 6.70. The van der Waals surface area contributed by atoms with E-state index < -0.39 is 0 Å². The predicted octanol–water partition coefficient (Wildman–Crippen LogP) is 3.53. The van der Waals surface area contributed by atoms with Crippen LogP contribution in [-0.4, -0.2) is 0 Å². The van der Waals surface area contributed by atoms with Gasteiger partial charge in [0.1, 0.15) is 0 Å². The maximum absolute atomic E-state index is 6.27. The lowest BCUT2D eigenvalue weighted by molar-refractivity contribution is 0.264. The summed E-state index contributed by atoms with van der Waals surface area (Å²) in [6.07, 6.45) is 3.99. The van der Waals surface area contributed by atoms with Crippen molar-refractivity contribution >= 4 is 12.4 Å². The normalized spacial score (nSPS) is 17.8. The van der Waals surface area contributed by atoms with Crippen molar-refractivity contribution in [3.05, 3.63) is 34.9 Å². The summed E-state index contributed by atoms with van der Waals surface area (Å²) >= 11 is 0. The summed E-state index contributed by atoms with van der Waals surface area (Å²) in [5.41, 5.74) is 10.4. The first-order valence-electron chi connectivity index (χ1n) is 5.52. The zero-order chi connectivity index (χ0) is 10.1. The molecule has 2 N–H and O–H groups in total. The van der Waals surface area contributed by atoms with E-state index in [1.54, 1.807) is 0 Å². The maximum atomic E-state index is 6.27. The Labute approximate surface area is 98.5 Å². The molecule has 84 valence electrons. The van der Waals surface area contributed by atoms with Gasteiger partial charge in [0.05, 0.1) is 0 Å². The van der Waals surface area contributed by atoms with Crippen molar-refractivity contribution < 1.29 is 0 Å². The van der Waals surface area contributed by atoms with Crippen molar-refractivity contribution in [3.63, 3.8) is 0 Å². The molecule has 1 fully saturated rings. The summed E-state index contributed by atoms with van der Waals surface area (Å²) < 4.78 is 0. The molecule has 15 heavy (non-hydrogen) atoms. The van der Waals surface area contributed by atoms with E-state index in [4.69, 9.17) is 5.73 Å². The van der Waals surface area contributed by atoms with Gasteiger partial charge in [-0.05, 0) is 49.3 Å². The van der Waals surface area contributed by atoms with Crippen LogP contribution in [0.5, 0.6) is 0 Å². The molecule has 1 saturated carbocycles. The van der Waals surface area contributed by atoms with Gasteiger partial charge in [0.2, 0.25) is 0 Å². The van der Waals surface area contributed by atoms with Crippen molar-refractivity contribution in [2.45, 2.75) is 39.2 Å². The summed E-state index contributed by atoms with van der Waals surface area (Å²) in [7, 11) is 0. The lowest BCUT2D eigenvalue weighted by Gasteiger charge is -2.32. The van der Waals surface area contributed by atoms with Gasteiger partial charge < -0.3 is 5.73 Å². The molecular weight excluding hydrogens is 206 g/mol. The fourth-order valence-electron chi connectivity index (χ4n) is 2.19. The van der Waals surface area contributed by atoms with Crippen LogP contribution in [0.3, 0.4) is 0 Å². The largest absolute Gasteiger partial charge is 0.324 e. The molecular formula is C13H20ClN. The molecule has 1 aliphatic rings. The molecule has 1 nitrogen and oxygen atoms in total. The van der Waals surface area contributed by atoms with Crippen LogP contribution in [0.1, 0.15) is 42.0 Å². The molecule has 0 amide bonds. The van der Waals surface area contributed by atoms with Crippen LogP contribution in [-0.2, 0) is 0 Å². The van der Waals surface area contributed by atoms with Gasteiger partial charge in [-0.1, -0.05) is 24.6 Å². The minimum Gasteiger partial charge on any atom is -0.324 e. The number of benzene rings is 1. The summed E-state index contributed by atoms with van der Waals surface area (Å²) in [5, 5.41) is 0. The van der Waals surface area contributed by atoms with Crippen LogP contribution in [0.4, 0.5) is 0 Å². The van der Waals surface area contributed by atoms with Crippen LogP contribution >= 0.6 is 12.4 Å². The van der Waals surface area contributed by atoms with Gasteiger partial charge in [-0.2, -0.15) is 0 Å². The Kier molecular flexibility index (Phi) is 4.18. The molecule has 0 saturated heterocycles. The first kappa shape index (κ1) is 12.5. The number of hydrogen-bond acceptors (Lipinski definition) is 1. The topological polar surface area (TPSA) is 26.0 Å². The number of halogens is 1. The lowest BCUT2D eigenvalue weighted by Crippen LogP contribution is -2.27. The van der Waals surface area contributed by atoms with E-state index >= 15 is 0 Å². The first-order valence-corrected chi connectivity index (χ1v) is 5.52. The van der Waals surface area contributed by atoms with E-state index in [9.17, 15) is 0 Å². The van der Waals surface area contributed by atoms with Crippen LogP contribution in [0, 0.1) is 19.8 Å². The highest BCUT2D eigenvalue weighted by Gasteiger charge is 2.26. The zero-order valence-electron chi connectivity index (χ0n) is 9.49. The summed E-state index contributed by atoms with van der Waals surface area (Å²) in [4.78, 5) is 0. The smallest absolute Gasteiger partial charge is 0.0326 e. The Balaban J connectivity index is 0.00000112. The van der Waals surface area contributed by atoms with Crippen LogP contribution < -0.4 is 5.73 Å². The fourth-order valence-corrected chi connectivity index (χ4v) is 2.19. The molecule has 0 aliphatic heterocycles. The van der Waals surface area contributed by atoms with E-state index in [0.717, 1.165) is 5.92 Å². The molecule has 0 spiro atoms. The average Bonchev–Trinajstić information content (AvgIpc) is 2.06. The number of nitrogens with two attached hydrogens (primary N) is 1. The van der Waals surface area contributed by atoms with Gasteiger partial charge in [-0.25, -0.2) is 0 Å². The van der Waals surface area contributed by atoms with Gasteiger partial charge in [0.15, 0.2) is 0 Å². The third kappa shape index (κ3) is 2.35. The quantitative estimate of drug-likeness (QED) is 0.819. The van der Waals surface area contributed by atoms with Crippen LogP contribution in [0.15, 0.2) is 18.2 Å². The van der Waals surface area contributed by atoms with E-state index in [1.807, 2.05) is 0 Å². The number of aryl methyl sites for hydroxylation is 1. The Hall–Kier alpha value is -0.530. The van der Waals surface area contributed by atoms with Crippen molar-refractivity contribution in [3.8, 4) is 0 Å². The van der Waals surface area contributed by atoms with Gasteiger partial charge in [0.25, 0.3) is 0 Å². The Morgan fingerprint density at radius 1 is 1.27 bits per heavy atom. The molecule has 1 atom stereocenters. The molecule has 2 heteroatoms. The van der Waals surface area contributed by atoms with E-state index in [-0.39, 0.29) is 18.4 Å². The SMILES string of the molecule is Cc1cccc([C@@H](N)C2CCC2)c1C.Cl. The molecule has 1 aliphatic carbocycles. The van der Waals surface area contributed by atoms with Gasteiger partial charge in [0, 0.05) is 6.04 Å². The highest BCUT2D eigenvalue weighted by Crippen LogP contribution is 2.37. The molecule has 2 rings (SSSR count). The molecule has 0 radical (unpaired) electrons. The van der Waals surface area contributed by atoms with E-state index in [1.165, 1.54) is 36.0 Å². The van der Waals surface area contributed by atoms with Crippen molar-refractivity contribution in [1.82, 2.24) is 0 Å². The third-order valence-corrected chi connectivity index (χ3v) is 3.66. The second kappa shape index (κ2) is 5.00. The van der Waals surface area contributed by atoms with Crippen LogP contribution in [0.2, 0.25) is 0 Å². The summed E-state index contributed by atoms with van der Waals surface area (Å²) in [6, 6.07) is 6.73. The van der Waals surface area contributed by atoms with Gasteiger partial charge >= 0.3 is 0 Å². The van der Waals surface area contributed by atoms with Gasteiger partial charge in [-0.3, -0.25) is 0 Å². The molecule has 0 unspecified atom stereocenters. The average molecular weight is 226 g/mol. The highest BCUT2D eigenvalue weighted by atomic mass is 35.5.